The molecule has 0 aliphatic heterocycles. The van der Waals surface area contributed by atoms with E-state index in [4.69, 9.17) is 11.6 Å². The summed E-state index contributed by atoms with van der Waals surface area (Å²) >= 11 is 12.9. The Balaban J connectivity index is 1.82. The third kappa shape index (κ3) is 3.71. The lowest BCUT2D eigenvalue weighted by Crippen LogP contribution is -1.89. The summed E-state index contributed by atoms with van der Waals surface area (Å²) in [6.45, 7) is 0. The van der Waals surface area contributed by atoms with Crippen LogP contribution < -0.4 is 0 Å². The van der Waals surface area contributed by atoms with Crippen molar-refractivity contribution in [2.24, 2.45) is 0 Å². The summed E-state index contributed by atoms with van der Waals surface area (Å²) in [7, 11) is 0. The summed E-state index contributed by atoms with van der Waals surface area (Å²) in [6.07, 6.45) is 4.06. The predicted octanol–water partition coefficient (Wildman–Crippen LogP) is 5.48. The smallest absolute Gasteiger partial charge is 0.175 e. The van der Waals surface area contributed by atoms with Gasteiger partial charge in [-0.15, -0.1) is 22.0 Å². The molecule has 0 amide bonds. The molecule has 2 heterocycles. The van der Waals surface area contributed by atoms with E-state index in [1.807, 2.05) is 6.26 Å². The molecular formula is C14H12ClN3S4. The highest BCUT2D eigenvalue weighted by molar-refractivity contribution is 8.02. The van der Waals surface area contributed by atoms with Gasteiger partial charge in [0.1, 0.15) is 5.15 Å². The van der Waals surface area contributed by atoms with Crippen molar-refractivity contribution in [3.63, 3.8) is 0 Å². The van der Waals surface area contributed by atoms with Crippen molar-refractivity contribution in [2.75, 3.05) is 12.5 Å². The number of pyridine rings is 1. The van der Waals surface area contributed by atoms with Crippen molar-refractivity contribution in [1.82, 2.24) is 15.2 Å². The Morgan fingerprint density at radius 1 is 1.09 bits per heavy atom. The number of hydrogen-bond donors (Lipinski definition) is 0. The highest BCUT2D eigenvalue weighted by atomic mass is 35.5. The number of aromatic nitrogens is 3. The van der Waals surface area contributed by atoms with Crippen LogP contribution in [0.2, 0.25) is 5.15 Å². The molecule has 0 unspecified atom stereocenters. The van der Waals surface area contributed by atoms with Gasteiger partial charge in [-0.25, -0.2) is 4.98 Å². The number of thioether (sulfide) groups is 3. The molecule has 0 spiro atoms. The number of rotatable bonds is 5. The maximum absolute atomic E-state index is 6.33. The minimum absolute atomic E-state index is 0.563. The van der Waals surface area contributed by atoms with Gasteiger partial charge in [-0.05, 0) is 30.7 Å². The first kappa shape index (κ1) is 16.4. The molecule has 0 radical (unpaired) electrons. The van der Waals surface area contributed by atoms with E-state index < -0.39 is 0 Å². The topological polar surface area (TPSA) is 38.7 Å². The molecule has 0 saturated heterocycles. The van der Waals surface area contributed by atoms with Gasteiger partial charge in [0.2, 0.25) is 0 Å². The Kier molecular flexibility index (Phi) is 5.51. The zero-order valence-electron chi connectivity index (χ0n) is 11.9. The first-order valence-corrected chi connectivity index (χ1v) is 11.0. The van der Waals surface area contributed by atoms with E-state index in [0.29, 0.717) is 5.15 Å². The van der Waals surface area contributed by atoms with Crippen molar-refractivity contribution in [1.29, 1.82) is 0 Å². The molecule has 3 nitrogen and oxygen atoms in total. The average molecular weight is 386 g/mol. The molecule has 0 aliphatic carbocycles. The second-order valence-corrected chi connectivity index (χ2v) is 8.81. The molecule has 2 aromatic heterocycles. The number of nitrogens with zero attached hydrogens (tertiary/aromatic N) is 3. The van der Waals surface area contributed by atoms with Gasteiger partial charge >= 0.3 is 0 Å². The molecule has 1 aromatic carbocycles. The zero-order chi connectivity index (χ0) is 15.5. The standard InChI is InChI=1S/C14H12ClN3S4/c1-19-10-4-3-8-5-9(12(15)16-11(8)6-10)7-21-14-18-17-13(20-2)22-14/h3-6H,7H2,1-2H3. The second-order valence-electron chi connectivity index (χ2n) is 4.32. The normalized spacial score (nSPS) is 11.2. The monoisotopic (exact) mass is 385 g/mol. The van der Waals surface area contributed by atoms with Crippen LogP contribution in [-0.2, 0) is 5.75 Å². The molecule has 114 valence electrons. The lowest BCUT2D eigenvalue weighted by molar-refractivity contribution is 0.955. The molecule has 3 rings (SSSR count). The van der Waals surface area contributed by atoms with Crippen molar-refractivity contribution in [3.8, 4) is 0 Å². The van der Waals surface area contributed by atoms with E-state index >= 15 is 0 Å². The fourth-order valence-electron chi connectivity index (χ4n) is 1.87. The van der Waals surface area contributed by atoms with Crippen molar-refractivity contribution in [3.05, 3.63) is 35.0 Å². The Labute approximate surface area is 150 Å². The van der Waals surface area contributed by atoms with Crippen LogP contribution in [0, 0.1) is 0 Å². The summed E-state index contributed by atoms with van der Waals surface area (Å²) in [5, 5.41) is 9.93. The SMILES string of the molecule is CSc1ccc2cc(CSc3nnc(SC)s3)c(Cl)nc2c1. The lowest BCUT2D eigenvalue weighted by Gasteiger charge is -2.06. The van der Waals surface area contributed by atoms with Crippen molar-refractivity contribution in [2.45, 2.75) is 19.3 Å². The van der Waals surface area contributed by atoms with Gasteiger partial charge in [-0.2, -0.15) is 0 Å². The number of hydrogen-bond acceptors (Lipinski definition) is 7. The minimum atomic E-state index is 0.563. The predicted molar refractivity (Wildman–Crippen MR) is 99.8 cm³/mol. The first-order chi connectivity index (χ1) is 10.7. The molecule has 3 aromatic rings. The molecule has 0 N–H and O–H groups in total. The van der Waals surface area contributed by atoms with Crippen LogP contribution >= 0.6 is 58.2 Å². The molecular weight excluding hydrogens is 374 g/mol. The molecule has 8 heteroatoms. The molecule has 22 heavy (non-hydrogen) atoms. The van der Waals surface area contributed by atoms with Crippen LogP contribution in [0.25, 0.3) is 10.9 Å². The van der Waals surface area contributed by atoms with Gasteiger partial charge in [-0.3, -0.25) is 0 Å². The van der Waals surface area contributed by atoms with E-state index in [9.17, 15) is 0 Å². The van der Waals surface area contributed by atoms with E-state index in [-0.39, 0.29) is 0 Å². The molecule has 0 fully saturated rings. The molecule has 0 bridgehead atoms. The van der Waals surface area contributed by atoms with E-state index in [1.54, 1.807) is 46.6 Å². The van der Waals surface area contributed by atoms with Gasteiger partial charge < -0.3 is 0 Å². The van der Waals surface area contributed by atoms with Crippen LogP contribution in [0.1, 0.15) is 5.56 Å². The number of benzene rings is 1. The minimum Gasteiger partial charge on any atom is -0.236 e. The fourth-order valence-corrected chi connectivity index (χ4v) is 5.01. The van der Waals surface area contributed by atoms with Gasteiger partial charge in [0, 0.05) is 21.6 Å². The quantitative estimate of drug-likeness (QED) is 0.428. The number of halogens is 1. The second kappa shape index (κ2) is 7.40. The maximum atomic E-state index is 6.33. The van der Waals surface area contributed by atoms with Crippen LogP contribution in [-0.4, -0.2) is 27.7 Å². The first-order valence-electron chi connectivity index (χ1n) is 6.33. The lowest BCUT2D eigenvalue weighted by atomic mass is 10.2. The van der Waals surface area contributed by atoms with Crippen LogP contribution in [0.4, 0.5) is 0 Å². The van der Waals surface area contributed by atoms with Crippen LogP contribution in [0.3, 0.4) is 0 Å². The summed E-state index contributed by atoms with van der Waals surface area (Å²) in [5.74, 6) is 0.745. The summed E-state index contributed by atoms with van der Waals surface area (Å²) < 4.78 is 1.94. The molecule has 0 atom stereocenters. The van der Waals surface area contributed by atoms with E-state index in [0.717, 1.165) is 30.9 Å². The van der Waals surface area contributed by atoms with E-state index in [1.165, 1.54) is 4.90 Å². The largest absolute Gasteiger partial charge is 0.236 e. The van der Waals surface area contributed by atoms with Gasteiger partial charge in [0.25, 0.3) is 0 Å². The molecule has 0 aliphatic rings. The average Bonchev–Trinajstić information content (AvgIpc) is 3.00. The number of fused-ring (bicyclic) bond motifs is 1. The highest BCUT2D eigenvalue weighted by Gasteiger charge is 2.09. The van der Waals surface area contributed by atoms with Crippen LogP contribution in [0.5, 0.6) is 0 Å². The summed E-state index contributed by atoms with van der Waals surface area (Å²) in [5.41, 5.74) is 1.96. The Bertz CT molecular complexity index is 806. The van der Waals surface area contributed by atoms with Crippen molar-refractivity contribution >= 4 is 69.1 Å². The maximum Gasteiger partial charge on any atom is 0.175 e. The summed E-state index contributed by atoms with van der Waals surface area (Å²) in [6, 6.07) is 8.38. The van der Waals surface area contributed by atoms with E-state index in [2.05, 4.69) is 45.7 Å². The fraction of sp³-hybridized carbons (Fsp3) is 0.214. The third-order valence-corrected chi connectivity index (χ3v) is 7.10. The summed E-state index contributed by atoms with van der Waals surface area (Å²) in [4.78, 5) is 5.71. The Morgan fingerprint density at radius 3 is 2.64 bits per heavy atom. The van der Waals surface area contributed by atoms with Gasteiger partial charge in [-0.1, -0.05) is 52.5 Å². The third-order valence-electron chi connectivity index (χ3n) is 2.96. The highest BCUT2D eigenvalue weighted by Crippen LogP contribution is 2.32. The Morgan fingerprint density at radius 2 is 1.91 bits per heavy atom. The zero-order valence-corrected chi connectivity index (χ0v) is 15.9. The van der Waals surface area contributed by atoms with Crippen molar-refractivity contribution < 1.29 is 0 Å². The Hall–Kier alpha value is -0.470. The van der Waals surface area contributed by atoms with Gasteiger partial charge in [0.05, 0.1) is 5.52 Å². The van der Waals surface area contributed by atoms with Gasteiger partial charge in [0.15, 0.2) is 8.68 Å². The molecule has 0 saturated carbocycles. The van der Waals surface area contributed by atoms with Crippen LogP contribution in [0.15, 0.2) is 37.8 Å².